The molecule has 0 amide bonds. The van der Waals surface area contributed by atoms with Crippen LogP contribution < -0.4 is 5.32 Å². The molecule has 1 aliphatic heterocycles. The van der Waals surface area contributed by atoms with Crippen LogP contribution in [0, 0.1) is 11.3 Å². The van der Waals surface area contributed by atoms with Gasteiger partial charge < -0.3 is 10.1 Å². The third kappa shape index (κ3) is 3.76. The summed E-state index contributed by atoms with van der Waals surface area (Å²) in [6.07, 6.45) is 5.10. The van der Waals surface area contributed by atoms with Gasteiger partial charge in [-0.05, 0) is 37.0 Å². The molecule has 0 aliphatic carbocycles. The maximum atomic E-state index is 5.38. The van der Waals surface area contributed by atoms with E-state index in [9.17, 15) is 0 Å². The van der Waals surface area contributed by atoms with Gasteiger partial charge in [0.1, 0.15) is 0 Å². The summed E-state index contributed by atoms with van der Waals surface area (Å²) in [5.74, 6) is 0.758. The molecule has 1 N–H and O–H groups in total. The molecule has 1 rings (SSSR count). The van der Waals surface area contributed by atoms with Gasteiger partial charge in [-0.3, -0.25) is 0 Å². The zero-order chi connectivity index (χ0) is 11.1. The monoisotopic (exact) mass is 213 g/mol. The Bertz CT molecular complexity index is 152. The predicted molar refractivity (Wildman–Crippen MR) is 65.1 cm³/mol. The molecule has 1 unspecified atom stereocenters. The first kappa shape index (κ1) is 13.0. The molecule has 1 saturated heterocycles. The molecule has 0 aromatic heterocycles. The van der Waals surface area contributed by atoms with Gasteiger partial charge in [0.15, 0.2) is 0 Å². The highest BCUT2D eigenvalue weighted by molar-refractivity contribution is 4.78. The van der Waals surface area contributed by atoms with E-state index in [1.54, 1.807) is 0 Å². The van der Waals surface area contributed by atoms with Crippen LogP contribution in [-0.4, -0.2) is 26.3 Å². The third-order valence-corrected chi connectivity index (χ3v) is 4.21. The molecule has 90 valence electrons. The molecule has 2 nitrogen and oxygen atoms in total. The summed E-state index contributed by atoms with van der Waals surface area (Å²) in [5, 5.41) is 3.64. The summed E-state index contributed by atoms with van der Waals surface area (Å²) in [7, 11) is 0. The van der Waals surface area contributed by atoms with Crippen molar-refractivity contribution in [2.45, 2.75) is 46.5 Å². The zero-order valence-electron chi connectivity index (χ0n) is 10.6. The maximum Gasteiger partial charge on any atom is 0.0507 e. The quantitative estimate of drug-likeness (QED) is 0.702. The van der Waals surface area contributed by atoms with Crippen molar-refractivity contribution in [3.05, 3.63) is 0 Å². The van der Waals surface area contributed by atoms with Crippen LogP contribution in [0.3, 0.4) is 0 Å². The molecular weight excluding hydrogens is 186 g/mol. The molecule has 0 aromatic rings. The second-order valence-corrected chi connectivity index (χ2v) is 4.92. The van der Waals surface area contributed by atoms with Crippen molar-refractivity contribution >= 4 is 0 Å². The molecule has 0 spiro atoms. The van der Waals surface area contributed by atoms with Crippen LogP contribution in [0.2, 0.25) is 0 Å². The van der Waals surface area contributed by atoms with Gasteiger partial charge in [0, 0.05) is 19.7 Å². The fourth-order valence-electron chi connectivity index (χ4n) is 2.41. The molecule has 0 saturated carbocycles. The van der Waals surface area contributed by atoms with Gasteiger partial charge in [0.25, 0.3) is 0 Å². The summed E-state index contributed by atoms with van der Waals surface area (Å²) in [6.45, 7) is 11.2. The Balaban J connectivity index is 2.21. The van der Waals surface area contributed by atoms with Crippen molar-refractivity contribution in [2.75, 3.05) is 26.3 Å². The standard InChI is InChI=1S/C13H27NO/c1-4-13(5-2,6-3)11-14-9-12-7-8-15-10-12/h12,14H,4-11H2,1-3H3. The van der Waals surface area contributed by atoms with Crippen LogP contribution >= 0.6 is 0 Å². The maximum absolute atomic E-state index is 5.38. The summed E-state index contributed by atoms with van der Waals surface area (Å²) in [5.41, 5.74) is 0.527. The highest BCUT2D eigenvalue weighted by atomic mass is 16.5. The van der Waals surface area contributed by atoms with Crippen LogP contribution in [0.15, 0.2) is 0 Å². The van der Waals surface area contributed by atoms with Gasteiger partial charge in [-0.1, -0.05) is 20.8 Å². The van der Waals surface area contributed by atoms with Crippen molar-refractivity contribution in [1.82, 2.24) is 5.32 Å². The van der Waals surface area contributed by atoms with Crippen LogP contribution in [-0.2, 0) is 4.74 Å². The van der Waals surface area contributed by atoms with E-state index in [4.69, 9.17) is 4.74 Å². The summed E-state index contributed by atoms with van der Waals surface area (Å²) in [4.78, 5) is 0. The van der Waals surface area contributed by atoms with E-state index in [0.717, 1.165) is 25.7 Å². The number of nitrogens with one attached hydrogen (secondary N) is 1. The van der Waals surface area contributed by atoms with Crippen molar-refractivity contribution in [1.29, 1.82) is 0 Å². The highest BCUT2D eigenvalue weighted by Gasteiger charge is 2.24. The Hall–Kier alpha value is -0.0800. The van der Waals surface area contributed by atoms with Gasteiger partial charge >= 0.3 is 0 Å². The van der Waals surface area contributed by atoms with Crippen LogP contribution in [0.4, 0.5) is 0 Å². The zero-order valence-corrected chi connectivity index (χ0v) is 10.6. The van der Waals surface area contributed by atoms with E-state index in [1.807, 2.05) is 0 Å². The largest absolute Gasteiger partial charge is 0.381 e. The average Bonchev–Trinajstić information content (AvgIpc) is 2.78. The van der Waals surface area contributed by atoms with Crippen molar-refractivity contribution in [3.8, 4) is 0 Å². The van der Waals surface area contributed by atoms with E-state index in [2.05, 4.69) is 26.1 Å². The normalized spacial score (nSPS) is 22.2. The first-order chi connectivity index (χ1) is 7.26. The van der Waals surface area contributed by atoms with Crippen molar-refractivity contribution in [2.24, 2.45) is 11.3 Å². The lowest BCUT2D eigenvalue weighted by molar-refractivity contribution is 0.182. The highest BCUT2D eigenvalue weighted by Crippen LogP contribution is 2.29. The second-order valence-electron chi connectivity index (χ2n) is 4.92. The van der Waals surface area contributed by atoms with E-state index in [1.165, 1.54) is 32.2 Å². The number of rotatable bonds is 7. The molecule has 0 bridgehead atoms. The Morgan fingerprint density at radius 1 is 1.20 bits per heavy atom. The topological polar surface area (TPSA) is 21.3 Å². The molecule has 0 aromatic carbocycles. The third-order valence-electron chi connectivity index (χ3n) is 4.21. The van der Waals surface area contributed by atoms with Gasteiger partial charge in [-0.2, -0.15) is 0 Å². The number of ether oxygens (including phenoxy) is 1. The van der Waals surface area contributed by atoms with E-state index in [0.29, 0.717) is 5.41 Å². The fourth-order valence-corrected chi connectivity index (χ4v) is 2.41. The number of hydrogen-bond donors (Lipinski definition) is 1. The Morgan fingerprint density at radius 2 is 1.87 bits per heavy atom. The van der Waals surface area contributed by atoms with Gasteiger partial charge in [-0.15, -0.1) is 0 Å². The minimum Gasteiger partial charge on any atom is -0.381 e. The molecule has 1 atom stereocenters. The van der Waals surface area contributed by atoms with Crippen LogP contribution in [0.25, 0.3) is 0 Å². The molecule has 2 heteroatoms. The van der Waals surface area contributed by atoms with Crippen LogP contribution in [0.1, 0.15) is 46.5 Å². The second kappa shape index (κ2) is 6.49. The molecule has 0 radical (unpaired) electrons. The lowest BCUT2D eigenvalue weighted by atomic mass is 9.80. The summed E-state index contributed by atoms with van der Waals surface area (Å²) >= 11 is 0. The van der Waals surface area contributed by atoms with Gasteiger partial charge in [0.2, 0.25) is 0 Å². The lowest BCUT2D eigenvalue weighted by Gasteiger charge is -2.31. The molecule has 1 fully saturated rings. The first-order valence-electron chi connectivity index (χ1n) is 6.54. The Morgan fingerprint density at radius 3 is 2.33 bits per heavy atom. The Labute approximate surface area is 94.8 Å². The first-order valence-corrected chi connectivity index (χ1v) is 6.54. The number of hydrogen-bond acceptors (Lipinski definition) is 2. The molecule has 15 heavy (non-hydrogen) atoms. The summed E-state index contributed by atoms with van der Waals surface area (Å²) in [6, 6.07) is 0. The molecule has 1 heterocycles. The SMILES string of the molecule is CCC(CC)(CC)CNCC1CCOC1. The molecule has 1 aliphatic rings. The van der Waals surface area contributed by atoms with Crippen molar-refractivity contribution in [3.63, 3.8) is 0 Å². The molecular formula is C13H27NO. The summed E-state index contributed by atoms with van der Waals surface area (Å²) < 4.78 is 5.38. The van der Waals surface area contributed by atoms with Crippen LogP contribution in [0.5, 0.6) is 0 Å². The minimum atomic E-state index is 0.527. The van der Waals surface area contributed by atoms with Gasteiger partial charge in [0.05, 0.1) is 6.61 Å². The van der Waals surface area contributed by atoms with E-state index < -0.39 is 0 Å². The van der Waals surface area contributed by atoms with Crippen molar-refractivity contribution < 1.29 is 4.74 Å². The lowest BCUT2D eigenvalue weighted by Crippen LogP contribution is -2.35. The van der Waals surface area contributed by atoms with E-state index >= 15 is 0 Å². The average molecular weight is 213 g/mol. The smallest absolute Gasteiger partial charge is 0.0507 e. The predicted octanol–water partition coefficient (Wildman–Crippen LogP) is 2.83. The Kier molecular flexibility index (Phi) is 5.62. The van der Waals surface area contributed by atoms with Gasteiger partial charge in [-0.25, -0.2) is 0 Å². The fraction of sp³-hybridized carbons (Fsp3) is 1.00. The van der Waals surface area contributed by atoms with E-state index in [-0.39, 0.29) is 0 Å². The minimum absolute atomic E-state index is 0.527.